The van der Waals surface area contributed by atoms with Crippen LogP contribution in [0.25, 0.3) is 10.6 Å². The van der Waals surface area contributed by atoms with E-state index in [2.05, 4.69) is 58.3 Å². The fourth-order valence-electron chi connectivity index (χ4n) is 3.22. The molecule has 4 rings (SSSR count). The Bertz CT molecular complexity index is 1170. The highest BCUT2D eigenvalue weighted by Crippen LogP contribution is 2.30. The summed E-state index contributed by atoms with van der Waals surface area (Å²) in [5, 5.41) is 13.5. The lowest BCUT2D eigenvalue weighted by atomic mass is 10.1. The predicted octanol–water partition coefficient (Wildman–Crippen LogP) is 6.82. The van der Waals surface area contributed by atoms with Crippen molar-refractivity contribution in [2.45, 2.75) is 44.3 Å². The zero-order valence-corrected chi connectivity index (χ0v) is 20.0. The van der Waals surface area contributed by atoms with E-state index in [0.29, 0.717) is 10.8 Å². The average molecular weight is 471 g/mol. The predicted molar refractivity (Wildman–Crippen MR) is 128 cm³/mol. The Balaban J connectivity index is 1.44. The molecule has 160 valence electrons. The first-order valence-electron chi connectivity index (χ1n) is 10.0. The van der Waals surface area contributed by atoms with Crippen LogP contribution in [0.3, 0.4) is 0 Å². The van der Waals surface area contributed by atoms with Crippen molar-refractivity contribution >= 4 is 34.7 Å². The van der Waals surface area contributed by atoms with Crippen LogP contribution in [-0.4, -0.2) is 19.7 Å². The van der Waals surface area contributed by atoms with Crippen molar-refractivity contribution in [1.29, 1.82) is 0 Å². The van der Waals surface area contributed by atoms with Crippen molar-refractivity contribution in [3.05, 3.63) is 76.0 Å². The number of thiazole rings is 1. The number of rotatable bonds is 8. The third-order valence-electron chi connectivity index (χ3n) is 4.70. The van der Waals surface area contributed by atoms with Crippen LogP contribution in [0.2, 0.25) is 5.02 Å². The van der Waals surface area contributed by atoms with Gasteiger partial charge in [-0.15, -0.1) is 21.5 Å². The molecule has 0 aliphatic rings. The van der Waals surface area contributed by atoms with Crippen molar-refractivity contribution in [2.24, 2.45) is 0 Å². The van der Waals surface area contributed by atoms with Crippen molar-refractivity contribution in [3.8, 4) is 16.3 Å². The van der Waals surface area contributed by atoms with Gasteiger partial charge in [0.15, 0.2) is 17.1 Å². The van der Waals surface area contributed by atoms with Crippen LogP contribution in [0.1, 0.15) is 37.0 Å². The molecular weight excluding hydrogens is 448 g/mol. The maximum absolute atomic E-state index is 6.06. The summed E-state index contributed by atoms with van der Waals surface area (Å²) in [6.45, 7) is 6.92. The Morgan fingerprint density at radius 3 is 2.77 bits per heavy atom. The van der Waals surface area contributed by atoms with Crippen LogP contribution >= 0.6 is 34.7 Å². The van der Waals surface area contributed by atoms with E-state index < -0.39 is 0 Å². The van der Waals surface area contributed by atoms with Gasteiger partial charge in [-0.3, -0.25) is 0 Å². The second-order valence-electron chi connectivity index (χ2n) is 7.10. The average Bonchev–Trinajstić information content (AvgIpc) is 3.39. The number of halogens is 1. The van der Waals surface area contributed by atoms with E-state index in [0.717, 1.165) is 39.5 Å². The highest BCUT2D eigenvalue weighted by Gasteiger charge is 2.19. The smallest absolute Gasteiger partial charge is 0.191 e. The molecule has 2 heterocycles. The van der Waals surface area contributed by atoms with Gasteiger partial charge in [-0.1, -0.05) is 53.2 Å². The van der Waals surface area contributed by atoms with Crippen LogP contribution in [0, 0.1) is 6.92 Å². The number of thioether (sulfide) groups is 1. The molecule has 8 heteroatoms. The molecule has 4 aromatic rings. The van der Waals surface area contributed by atoms with Gasteiger partial charge in [0.05, 0.1) is 5.69 Å². The lowest BCUT2D eigenvalue weighted by molar-refractivity contribution is 0.210. The molecule has 5 nitrogen and oxygen atoms in total. The van der Waals surface area contributed by atoms with E-state index in [1.54, 1.807) is 29.2 Å². The van der Waals surface area contributed by atoms with Crippen LogP contribution < -0.4 is 4.74 Å². The second-order valence-corrected chi connectivity index (χ2v) is 9.34. The topological polar surface area (TPSA) is 52.8 Å². The molecule has 0 amide bonds. The molecule has 0 saturated carbocycles. The van der Waals surface area contributed by atoms with Gasteiger partial charge in [0, 0.05) is 28.3 Å². The van der Waals surface area contributed by atoms with Crippen molar-refractivity contribution in [3.63, 3.8) is 0 Å². The third-order valence-corrected chi connectivity index (χ3v) is 6.88. The molecule has 0 bridgehead atoms. The molecule has 0 saturated heterocycles. The molecule has 2 aromatic heterocycles. The first kappa shape index (κ1) is 21.9. The minimum absolute atomic E-state index is 0.243. The molecule has 1 atom stereocenters. The van der Waals surface area contributed by atoms with Gasteiger partial charge in [0.1, 0.15) is 10.8 Å². The van der Waals surface area contributed by atoms with Crippen molar-refractivity contribution in [1.82, 2.24) is 19.7 Å². The first-order valence-corrected chi connectivity index (χ1v) is 12.3. The Morgan fingerprint density at radius 1 is 1.16 bits per heavy atom. The summed E-state index contributed by atoms with van der Waals surface area (Å²) in [5.41, 5.74) is 3.44. The minimum Gasteiger partial charge on any atom is -0.483 e. The Labute approximate surface area is 195 Å². The normalized spacial score (nSPS) is 12.1. The summed E-state index contributed by atoms with van der Waals surface area (Å²) in [4.78, 5) is 4.80. The number of aromatic nitrogens is 4. The number of hydrogen-bond donors (Lipinski definition) is 0. The van der Waals surface area contributed by atoms with Crippen molar-refractivity contribution in [2.75, 3.05) is 0 Å². The number of nitrogens with zero attached hydrogens (tertiary/aromatic N) is 4. The zero-order valence-electron chi connectivity index (χ0n) is 17.6. The Hall–Kier alpha value is -2.35. The lowest BCUT2D eigenvalue weighted by Crippen LogP contribution is -2.12. The minimum atomic E-state index is -0.243. The highest BCUT2D eigenvalue weighted by molar-refractivity contribution is 7.98. The molecule has 1 unspecified atom stereocenters. The number of hydrogen-bond acceptors (Lipinski definition) is 6. The van der Waals surface area contributed by atoms with Crippen molar-refractivity contribution < 1.29 is 4.74 Å². The molecule has 0 spiro atoms. The monoisotopic (exact) mass is 470 g/mol. The summed E-state index contributed by atoms with van der Waals surface area (Å²) in [6.07, 6.45) is -0.243. The molecule has 2 aromatic carbocycles. The number of benzene rings is 2. The summed E-state index contributed by atoms with van der Waals surface area (Å²) >= 11 is 9.37. The second kappa shape index (κ2) is 9.85. The molecule has 0 N–H and O–H groups in total. The SMILES string of the molecule is CCn1c(SCc2csc(-c3cccc(C)c3)n2)nnc1C(C)Oc1cccc(Cl)c1. The maximum Gasteiger partial charge on any atom is 0.191 e. The third kappa shape index (κ3) is 5.29. The van der Waals surface area contributed by atoms with Crippen LogP contribution in [-0.2, 0) is 12.3 Å². The summed E-state index contributed by atoms with van der Waals surface area (Å²) < 4.78 is 8.13. The van der Waals surface area contributed by atoms with Gasteiger partial charge in [0.2, 0.25) is 0 Å². The summed E-state index contributed by atoms with van der Waals surface area (Å²) in [7, 11) is 0. The maximum atomic E-state index is 6.06. The van der Waals surface area contributed by atoms with E-state index in [-0.39, 0.29) is 6.10 Å². The molecule has 0 aliphatic carbocycles. The summed E-state index contributed by atoms with van der Waals surface area (Å²) in [6, 6.07) is 15.8. The fraction of sp³-hybridized carbons (Fsp3) is 0.261. The molecular formula is C23H23ClN4OS2. The van der Waals surface area contributed by atoms with Crippen LogP contribution in [0.5, 0.6) is 5.75 Å². The van der Waals surface area contributed by atoms with E-state index in [1.807, 2.05) is 25.1 Å². The van der Waals surface area contributed by atoms with E-state index in [9.17, 15) is 0 Å². The number of aryl methyl sites for hydroxylation is 1. The van der Waals surface area contributed by atoms with E-state index >= 15 is 0 Å². The van der Waals surface area contributed by atoms with Gasteiger partial charge in [-0.05, 0) is 45.0 Å². The van der Waals surface area contributed by atoms with Gasteiger partial charge in [-0.25, -0.2) is 4.98 Å². The Morgan fingerprint density at radius 2 is 2.00 bits per heavy atom. The van der Waals surface area contributed by atoms with Gasteiger partial charge in [0.25, 0.3) is 0 Å². The zero-order chi connectivity index (χ0) is 21.8. The van der Waals surface area contributed by atoms with Gasteiger partial charge >= 0.3 is 0 Å². The fourth-order valence-corrected chi connectivity index (χ4v) is 5.23. The van der Waals surface area contributed by atoms with Crippen LogP contribution in [0.4, 0.5) is 0 Å². The summed E-state index contributed by atoms with van der Waals surface area (Å²) in [5.74, 6) is 2.25. The molecule has 0 fully saturated rings. The molecule has 0 aliphatic heterocycles. The molecule has 0 radical (unpaired) electrons. The van der Waals surface area contributed by atoms with Gasteiger partial charge < -0.3 is 9.30 Å². The highest BCUT2D eigenvalue weighted by atomic mass is 35.5. The molecule has 31 heavy (non-hydrogen) atoms. The largest absolute Gasteiger partial charge is 0.483 e. The Kier molecular flexibility index (Phi) is 6.95. The van der Waals surface area contributed by atoms with E-state index in [4.69, 9.17) is 21.3 Å². The first-order chi connectivity index (χ1) is 15.0. The van der Waals surface area contributed by atoms with Crippen LogP contribution in [0.15, 0.2) is 59.1 Å². The lowest BCUT2D eigenvalue weighted by Gasteiger charge is -2.15. The number of ether oxygens (including phenoxy) is 1. The quantitative estimate of drug-likeness (QED) is 0.264. The standard InChI is InChI=1S/C23H23ClN4OS2/c1-4-28-21(16(3)29-20-10-6-9-18(24)12-20)26-27-23(28)31-14-19-13-30-22(25-19)17-8-5-7-15(2)11-17/h5-13,16H,4,14H2,1-3H3. The van der Waals surface area contributed by atoms with E-state index in [1.165, 1.54) is 5.56 Å². The van der Waals surface area contributed by atoms with Gasteiger partial charge in [-0.2, -0.15) is 0 Å².